The summed E-state index contributed by atoms with van der Waals surface area (Å²) in [5, 5.41) is 0. The van der Waals surface area contributed by atoms with E-state index in [1.807, 2.05) is 0 Å². The SMILES string of the molecule is CC1=CC2CC[C@@H]3[C@@H](C)C[C@H](C)C(C1)N23. The van der Waals surface area contributed by atoms with Gasteiger partial charge in [0.15, 0.2) is 0 Å². The van der Waals surface area contributed by atoms with Crippen molar-refractivity contribution in [1.82, 2.24) is 4.90 Å². The quantitative estimate of drug-likeness (QED) is 0.549. The minimum absolute atomic E-state index is 0.791. The maximum Gasteiger partial charge on any atom is 0.0287 e. The highest BCUT2D eigenvalue weighted by Crippen LogP contribution is 2.45. The molecule has 3 aliphatic heterocycles. The van der Waals surface area contributed by atoms with E-state index >= 15 is 0 Å². The van der Waals surface area contributed by atoms with Gasteiger partial charge in [-0.15, -0.1) is 0 Å². The monoisotopic (exact) mass is 205 g/mol. The summed E-state index contributed by atoms with van der Waals surface area (Å²) in [6, 6.07) is 2.56. The maximum absolute atomic E-state index is 2.87. The number of piperidine rings is 1. The highest BCUT2D eigenvalue weighted by molar-refractivity contribution is 5.18. The summed E-state index contributed by atoms with van der Waals surface area (Å²) in [4.78, 5) is 2.87. The summed E-state index contributed by atoms with van der Waals surface area (Å²) >= 11 is 0. The van der Waals surface area contributed by atoms with Crippen molar-refractivity contribution in [3.05, 3.63) is 11.6 Å². The third kappa shape index (κ3) is 1.39. The summed E-state index contributed by atoms with van der Waals surface area (Å²) in [5.74, 6) is 1.83. The van der Waals surface area contributed by atoms with Crippen LogP contribution in [-0.2, 0) is 0 Å². The van der Waals surface area contributed by atoms with E-state index in [-0.39, 0.29) is 0 Å². The van der Waals surface area contributed by atoms with Crippen molar-refractivity contribution in [3.8, 4) is 0 Å². The van der Waals surface area contributed by atoms with Gasteiger partial charge in [-0.3, -0.25) is 4.90 Å². The molecule has 0 aromatic heterocycles. The van der Waals surface area contributed by atoms with Gasteiger partial charge in [0.25, 0.3) is 0 Å². The van der Waals surface area contributed by atoms with Crippen molar-refractivity contribution in [2.75, 3.05) is 0 Å². The first-order valence-corrected chi connectivity index (χ1v) is 6.61. The third-order valence-corrected chi connectivity index (χ3v) is 4.97. The van der Waals surface area contributed by atoms with Crippen LogP contribution >= 0.6 is 0 Å². The van der Waals surface area contributed by atoms with Crippen LogP contribution in [0, 0.1) is 11.8 Å². The lowest BCUT2D eigenvalue weighted by Gasteiger charge is -2.49. The van der Waals surface area contributed by atoms with Crippen LogP contribution in [0.25, 0.3) is 0 Å². The summed E-state index contributed by atoms with van der Waals surface area (Å²) in [6.45, 7) is 7.26. The normalized spacial score (nSPS) is 50.1. The van der Waals surface area contributed by atoms with E-state index in [4.69, 9.17) is 0 Å². The van der Waals surface area contributed by atoms with Crippen LogP contribution in [0.2, 0.25) is 0 Å². The smallest absolute Gasteiger partial charge is 0.0287 e. The molecule has 0 radical (unpaired) electrons. The molecular weight excluding hydrogens is 182 g/mol. The standard InChI is InChI=1S/C14H23N/c1-9-6-12-4-5-13-10(2)8-11(3)14(7-9)15(12)13/h6,10-14H,4-5,7-8H2,1-3H3/t10-,11-,12?,13+,14?/m0/s1. The lowest BCUT2D eigenvalue weighted by atomic mass is 9.77. The Bertz CT molecular complexity index is 294. The van der Waals surface area contributed by atoms with Crippen molar-refractivity contribution >= 4 is 0 Å². The molecular formula is C14H23N. The summed E-state index contributed by atoms with van der Waals surface area (Å²) in [6.07, 6.45) is 8.18. The lowest BCUT2D eigenvalue weighted by molar-refractivity contribution is 0.0174. The third-order valence-electron chi connectivity index (χ3n) is 4.97. The van der Waals surface area contributed by atoms with Gasteiger partial charge < -0.3 is 0 Å². The van der Waals surface area contributed by atoms with E-state index in [0.717, 1.165) is 30.0 Å². The van der Waals surface area contributed by atoms with Crippen LogP contribution in [-0.4, -0.2) is 23.0 Å². The van der Waals surface area contributed by atoms with Gasteiger partial charge in [-0.25, -0.2) is 0 Å². The average Bonchev–Trinajstić information content (AvgIpc) is 2.58. The second kappa shape index (κ2) is 3.35. The molecule has 1 heteroatoms. The molecule has 0 aromatic carbocycles. The van der Waals surface area contributed by atoms with Crippen LogP contribution in [0.4, 0.5) is 0 Å². The van der Waals surface area contributed by atoms with Crippen molar-refractivity contribution in [2.45, 2.75) is 64.6 Å². The van der Waals surface area contributed by atoms with Crippen LogP contribution in [0.3, 0.4) is 0 Å². The zero-order valence-electron chi connectivity index (χ0n) is 10.2. The zero-order chi connectivity index (χ0) is 10.6. The van der Waals surface area contributed by atoms with Crippen LogP contribution in [0.15, 0.2) is 11.6 Å². The van der Waals surface area contributed by atoms with Gasteiger partial charge in [0.1, 0.15) is 0 Å². The van der Waals surface area contributed by atoms with Crippen LogP contribution < -0.4 is 0 Å². The first kappa shape index (κ1) is 9.89. The van der Waals surface area contributed by atoms with Gasteiger partial charge in [-0.2, -0.15) is 0 Å². The van der Waals surface area contributed by atoms with Crippen LogP contribution in [0.5, 0.6) is 0 Å². The number of nitrogens with zero attached hydrogens (tertiary/aromatic N) is 1. The minimum atomic E-state index is 0.791. The Labute approximate surface area is 93.5 Å². The molecule has 0 aliphatic carbocycles. The molecule has 84 valence electrons. The molecule has 1 nitrogen and oxygen atoms in total. The summed E-state index contributed by atoms with van der Waals surface area (Å²) < 4.78 is 0. The highest BCUT2D eigenvalue weighted by Gasteiger charge is 2.46. The van der Waals surface area contributed by atoms with Crippen molar-refractivity contribution in [3.63, 3.8) is 0 Å². The molecule has 3 rings (SSSR count). The van der Waals surface area contributed by atoms with Gasteiger partial charge in [0.05, 0.1) is 0 Å². The van der Waals surface area contributed by atoms with Gasteiger partial charge in [0, 0.05) is 18.1 Å². The molecule has 0 bridgehead atoms. The Balaban J connectivity index is 1.95. The van der Waals surface area contributed by atoms with Gasteiger partial charge >= 0.3 is 0 Å². The Kier molecular flexibility index (Phi) is 2.21. The van der Waals surface area contributed by atoms with Crippen molar-refractivity contribution < 1.29 is 0 Å². The molecule has 2 fully saturated rings. The van der Waals surface area contributed by atoms with E-state index in [0.29, 0.717) is 0 Å². The molecule has 0 saturated carbocycles. The van der Waals surface area contributed by atoms with Gasteiger partial charge in [0.2, 0.25) is 0 Å². The van der Waals surface area contributed by atoms with E-state index < -0.39 is 0 Å². The Morgan fingerprint density at radius 1 is 1.13 bits per heavy atom. The highest BCUT2D eigenvalue weighted by atomic mass is 15.3. The van der Waals surface area contributed by atoms with E-state index in [9.17, 15) is 0 Å². The first-order valence-electron chi connectivity index (χ1n) is 6.61. The first-order chi connectivity index (χ1) is 7.16. The molecule has 15 heavy (non-hydrogen) atoms. The van der Waals surface area contributed by atoms with Crippen molar-refractivity contribution in [1.29, 1.82) is 0 Å². The largest absolute Gasteiger partial charge is 0.290 e. The predicted octanol–water partition coefficient (Wildman–Crippen LogP) is 3.21. The molecule has 0 spiro atoms. The molecule has 2 saturated heterocycles. The molecule has 0 amide bonds. The average molecular weight is 205 g/mol. The molecule has 0 N–H and O–H groups in total. The summed E-state index contributed by atoms with van der Waals surface area (Å²) in [5.41, 5.74) is 1.64. The topological polar surface area (TPSA) is 3.24 Å². The Morgan fingerprint density at radius 2 is 1.87 bits per heavy atom. The Morgan fingerprint density at radius 3 is 2.67 bits per heavy atom. The predicted molar refractivity (Wildman–Crippen MR) is 63.8 cm³/mol. The van der Waals surface area contributed by atoms with Crippen molar-refractivity contribution in [2.24, 2.45) is 11.8 Å². The maximum atomic E-state index is 2.87. The summed E-state index contributed by atoms with van der Waals surface area (Å²) in [7, 11) is 0. The fraction of sp³-hybridized carbons (Fsp3) is 0.857. The van der Waals surface area contributed by atoms with E-state index in [1.165, 1.54) is 25.7 Å². The van der Waals surface area contributed by atoms with Gasteiger partial charge in [-0.1, -0.05) is 25.5 Å². The zero-order valence-corrected chi connectivity index (χ0v) is 10.2. The number of hydrogen-bond acceptors (Lipinski definition) is 1. The molecule has 0 aromatic rings. The fourth-order valence-corrected chi connectivity index (χ4v) is 4.35. The number of rotatable bonds is 0. The second-order valence-corrected chi connectivity index (χ2v) is 6.13. The molecule has 5 atom stereocenters. The second-order valence-electron chi connectivity index (χ2n) is 6.13. The van der Waals surface area contributed by atoms with Crippen LogP contribution in [0.1, 0.15) is 46.5 Å². The molecule has 3 heterocycles. The van der Waals surface area contributed by atoms with Gasteiger partial charge in [-0.05, 0) is 44.4 Å². The molecule has 3 aliphatic rings. The number of hydrogen-bond donors (Lipinski definition) is 0. The fourth-order valence-electron chi connectivity index (χ4n) is 4.35. The van der Waals surface area contributed by atoms with E-state index in [1.54, 1.807) is 5.57 Å². The molecule has 2 unspecified atom stereocenters. The Hall–Kier alpha value is -0.300. The lowest BCUT2D eigenvalue weighted by Crippen LogP contribution is -2.54. The minimum Gasteiger partial charge on any atom is -0.290 e. The van der Waals surface area contributed by atoms with E-state index in [2.05, 4.69) is 31.7 Å².